The Hall–Kier alpha value is -2.90. The highest BCUT2D eigenvalue weighted by molar-refractivity contribution is 5.88. The van der Waals surface area contributed by atoms with E-state index in [0.29, 0.717) is 53.6 Å². The van der Waals surface area contributed by atoms with Gasteiger partial charge in [-0.05, 0) is 63.0 Å². The number of fused-ring (bicyclic) bond motifs is 1. The van der Waals surface area contributed by atoms with E-state index in [9.17, 15) is 9.18 Å². The van der Waals surface area contributed by atoms with Crippen molar-refractivity contribution in [1.29, 1.82) is 0 Å². The van der Waals surface area contributed by atoms with Gasteiger partial charge < -0.3 is 4.90 Å². The van der Waals surface area contributed by atoms with Crippen LogP contribution < -0.4 is 0 Å². The second-order valence-corrected chi connectivity index (χ2v) is 9.35. The zero-order valence-corrected chi connectivity index (χ0v) is 18.4. The predicted octanol–water partition coefficient (Wildman–Crippen LogP) is 4.30. The minimum Gasteiger partial charge on any atom is -0.340 e. The lowest BCUT2D eigenvalue weighted by molar-refractivity contribution is -0.133. The fourth-order valence-corrected chi connectivity index (χ4v) is 5.40. The normalized spacial score (nSPS) is 23.7. The van der Waals surface area contributed by atoms with Crippen molar-refractivity contribution in [1.82, 2.24) is 30.0 Å². The van der Waals surface area contributed by atoms with Crippen LogP contribution in [0.4, 0.5) is 4.39 Å². The molecule has 3 aromatic heterocycles. The van der Waals surface area contributed by atoms with Crippen molar-refractivity contribution >= 4 is 16.9 Å². The maximum atomic E-state index is 14.6. The molecule has 1 saturated heterocycles. The van der Waals surface area contributed by atoms with Crippen molar-refractivity contribution in [2.75, 3.05) is 6.54 Å². The average Bonchev–Trinajstić information content (AvgIpc) is 3.42. The maximum Gasteiger partial charge on any atom is 0.223 e. The number of hydrogen-bond acceptors (Lipinski definition) is 5. The van der Waals surface area contributed by atoms with Gasteiger partial charge in [0, 0.05) is 30.6 Å². The Balaban J connectivity index is 1.28. The van der Waals surface area contributed by atoms with E-state index in [4.69, 9.17) is 0 Å². The van der Waals surface area contributed by atoms with Crippen LogP contribution in [0.5, 0.6) is 0 Å². The van der Waals surface area contributed by atoms with Crippen LogP contribution in [-0.2, 0) is 11.2 Å². The van der Waals surface area contributed by atoms with Crippen molar-refractivity contribution in [2.45, 2.75) is 64.3 Å². The molecule has 0 aromatic carbocycles. The summed E-state index contributed by atoms with van der Waals surface area (Å²) >= 11 is 0. The number of aromatic amines is 1. The van der Waals surface area contributed by atoms with E-state index < -0.39 is 0 Å². The van der Waals surface area contributed by atoms with E-state index in [0.717, 1.165) is 50.5 Å². The lowest BCUT2D eigenvalue weighted by Crippen LogP contribution is -2.35. The first-order valence-electron chi connectivity index (χ1n) is 11.7. The zero-order valence-electron chi connectivity index (χ0n) is 18.4. The average molecular weight is 437 g/mol. The molecule has 2 fully saturated rings. The van der Waals surface area contributed by atoms with Gasteiger partial charge in [0.15, 0.2) is 17.3 Å². The van der Waals surface area contributed by atoms with Crippen molar-refractivity contribution in [3.63, 3.8) is 0 Å². The van der Waals surface area contributed by atoms with E-state index in [2.05, 4.69) is 32.1 Å². The standard InChI is InChI=1S/C24H29FN6O/c1-15-5-4-10-31(15)21(32)13-17-7-2-6-16(11-17)12-20-19(25)14-27-24(28-20)22-18-8-3-9-26-23(18)30-29-22/h3,8-9,14-17H,2,4-7,10-13H2,1H3,(H,26,29,30)/t15-,16-,17+/m0/s1. The third kappa shape index (κ3) is 4.23. The number of halogens is 1. The highest BCUT2D eigenvalue weighted by atomic mass is 19.1. The number of pyridine rings is 1. The van der Waals surface area contributed by atoms with Crippen LogP contribution in [0, 0.1) is 17.7 Å². The first-order valence-corrected chi connectivity index (χ1v) is 11.7. The number of nitrogens with one attached hydrogen (secondary N) is 1. The molecule has 2 aliphatic rings. The first-order chi connectivity index (χ1) is 15.6. The minimum atomic E-state index is -0.375. The molecule has 3 aromatic rings. The molecule has 8 heteroatoms. The molecule has 4 heterocycles. The summed E-state index contributed by atoms with van der Waals surface area (Å²) in [4.78, 5) is 27.8. The zero-order chi connectivity index (χ0) is 22.1. The quantitative estimate of drug-likeness (QED) is 0.644. The third-order valence-electron chi connectivity index (χ3n) is 7.08. The molecule has 1 aliphatic carbocycles. The molecule has 168 valence electrons. The highest BCUT2D eigenvalue weighted by Gasteiger charge is 2.30. The molecule has 1 aliphatic heterocycles. The molecule has 1 saturated carbocycles. The van der Waals surface area contributed by atoms with Gasteiger partial charge in [-0.3, -0.25) is 9.89 Å². The lowest BCUT2D eigenvalue weighted by Gasteiger charge is -2.31. The topological polar surface area (TPSA) is 87.7 Å². The van der Waals surface area contributed by atoms with Gasteiger partial charge in [0.1, 0.15) is 5.69 Å². The van der Waals surface area contributed by atoms with Gasteiger partial charge in [-0.2, -0.15) is 5.10 Å². The summed E-state index contributed by atoms with van der Waals surface area (Å²) in [7, 11) is 0. The number of rotatable bonds is 5. The van der Waals surface area contributed by atoms with Crippen LogP contribution in [-0.4, -0.2) is 48.5 Å². The Morgan fingerprint density at radius 2 is 2.09 bits per heavy atom. The first kappa shape index (κ1) is 21.0. The van der Waals surface area contributed by atoms with Gasteiger partial charge >= 0.3 is 0 Å². The minimum absolute atomic E-state index is 0.288. The number of amides is 1. The van der Waals surface area contributed by atoms with Crippen molar-refractivity contribution < 1.29 is 9.18 Å². The van der Waals surface area contributed by atoms with E-state index in [-0.39, 0.29) is 11.7 Å². The number of nitrogens with zero attached hydrogens (tertiary/aromatic N) is 5. The van der Waals surface area contributed by atoms with Gasteiger partial charge in [0.05, 0.1) is 11.9 Å². The molecule has 0 spiro atoms. The number of likely N-dealkylation sites (tertiary alicyclic amines) is 1. The molecule has 1 N–H and O–H groups in total. The largest absolute Gasteiger partial charge is 0.340 e. The van der Waals surface area contributed by atoms with E-state index in [1.54, 1.807) is 6.20 Å². The van der Waals surface area contributed by atoms with Gasteiger partial charge in [0.2, 0.25) is 5.91 Å². The van der Waals surface area contributed by atoms with Crippen molar-refractivity contribution in [3.8, 4) is 11.5 Å². The molecule has 3 atom stereocenters. The molecule has 0 bridgehead atoms. The summed E-state index contributed by atoms with van der Waals surface area (Å²) in [5, 5.41) is 7.95. The van der Waals surface area contributed by atoms with Crippen molar-refractivity contribution in [3.05, 3.63) is 36.0 Å². The predicted molar refractivity (Wildman–Crippen MR) is 119 cm³/mol. The second-order valence-electron chi connectivity index (χ2n) is 9.35. The summed E-state index contributed by atoms with van der Waals surface area (Å²) in [6, 6.07) is 4.10. The van der Waals surface area contributed by atoms with E-state index >= 15 is 0 Å². The molecule has 0 radical (unpaired) electrons. The molecule has 0 unspecified atom stereocenters. The smallest absolute Gasteiger partial charge is 0.223 e. The maximum absolute atomic E-state index is 14.6. The summed E-state index contributed by atoms with van der Waals surface area (Å²) in [5.74, 6) is 1.05. The summed E-state index contributed by atoms with van der Waals surface area (Å²) in [6.45, 7) is 3.03. The number of aromatic nitrogens is 5. The van der Waals surface area contributed by atoms with E-state index in [1.807, 2.05) is 17.0 Å². The molecule has 7 nitrogen and oxygen atoms in total. The van der Waals surface area contributed by atoms with Crippen LogP contribution in [0.2, 0.25) is 0 Å². The Morgan fingerprint density at radius 1 is 1.22 bits per heavy atom. The summed E-state index contributed by atoms with van der Waals surface area (Å²) < 4.78 is 14.6. The van der Waals surface area contributed by atoms with Crippen LogP contribution in [0.1, 0.15) is 57.6 Å². The van der Waals surface area contributed by atoms with Crippen LogP contribution >= 0.6 is 0 Å². The number of carbonyl (C=O) groups is 1. The van der Waals surface area contributed by atoms with Crippen LogP contribution in [0.15, 0.2) is 24.5 Å². The second kappa shape index (κ2) is 8.92. The fraction of sp³-hybridized carbons (Fsp3) is 0.542. The van der Waals surface area contributed by atoms with Crippen LogP contribution in [0.25, 0.3) is 22.6 Å². The molecule has 32 heavy (non-hydrogen) atoms. The van der Waals surface area contributed by atoms with E-state index in [1.165, 1.54) is 6.20 Å². The molecular formula is C24H29FN6O. The van der Waals surface area contributed by atoms with Gasteiger partial charge in [-0.25, -0.2) is 19.3 Å². The Labute approximate surface area is 186 Å². The lowest BCUT2D eigenvalue weighted by atomic mass is 9.77. The Morgan fingerprint density at radius 3 is 2.94 bits per heavy atom. The Bertz CT molecular complexity index is 1110. The Kier molecular flexibility index (Phi) is 5.85. The summed E-state index contributed by atoms with van der Waals surface area (Å²) in [6.07, 6.45) is 10.5. The number of H-pyrrole nitrogens is 1. The van der Waals surface area contributed by atoms with Gasteiger partial charge in [0.25, 0.3) is 0 Å². The SMILES string of the molecule is C[C@H]1CCCN1C(=O)C[C@@H]1CCC[C@H](Cc2nc(-c3[nH]nc4ncccc34)ncc2F)C1. The van der Waals surface area contributed by atoms with Crippen LogP contribution in [0.3, 0.4) is 0 Å². The number of carbonyl (C=O) groups excluding carboxylic acids is 1. The molecular weight excluding hydrogens is 407 g/mol. The van der Waals surface area contributed by atoms with Crippen molar-refractivity contribution in [2.24, 2.45) is 11.8 Å². The monoisotopic (exact) mass is 436 g/mol. The number of hydrogen-bond donors (Lipinski definition) is 1. The van der Waals surface area contributed by atoms with Gasteiger partial charge in [-0.1, -0.05) is 12.8 Å². The summed E-state index contributed by atoms with van der Waals surface area (Å²) in [5.41, 5.74) is 1.68. The molecule has 1 amide bonds. The van der Waals surface area contributed by atoms with Gasteiger partial charge in [-0.15, -0.1) is 0 Å². The molecule has 5 rings (SSSR count). The fourth-order valence-electron chi connectivity index (χ4n) is 5.40. The third-order valence-corrected chi connectivity index (χ3v) is 7.08. The highest BCUT2D eigenvalue weighted by Crippen LogP contribution is 2.34.